The second-order valence-corrected chi connectivity index (χ2v) is 3.70. The highest BCUT2D eigenvalue weighted by Gasteiger charge is 2.32. The van der Waals surface area contributed by atoms with Gasteiger partial charge in [0.25, 0.3) is 0 Å². The number of halogens is 4. The van der Waals surface area contributed by atoms with Crippen LogP contribution in [0.3, 0.4) is 0 Å². The smallest absolute Gasteiger partial charge is 0.416 e. The van der Waals surface area contributed by atoms with Crippen LogP contribution < -0.4 is 0 Å². The molecule has 0 aromatic heterocycles. The first-order valence-corrected chi connectivity index (χ1v) is 4.93. The molecule has 0 radical (unpaired) electrons. The average molecular weight is 255 g/mol. The molecule has 1 aromatic carbocycles. The van der Waals surface area contributed by atoms with Crippen LogP contribution in [-0.4, -0.2) is 16.8 Å². The first kappa shape index (κ1) is 13.1. The van der Waals surface area contributed by atoms with Crippen LogP contribution in [0.25, 0.3) is 0 Å². The number of alkyl halides is 3. The van der Waals surface area contributed by atoms with E-state index >= 15 is 0 Å². The molecular weight excluding hydrogens is 245 g/mol. The number of aryl methyl sites for hydroxylation is 1. The predicted octanol–water partition coefficient (Wildman–Crippen LogP) is 2.99. The van der Waals surface area contributed by atoms with Crippen molar-refractivity contribution >= 4 is 11.6 Å². The van der Waals surface area contributed by atoms with E-state index in [2.05, 4.69) is 0 Å². The fourth-order valence-corrected chi connectivity index (χ4v) is 1.52. The Morgan fingerprint density at radius 1 is 1.25 bits per heavy atom. The van der Waals surface area contributed by atoms with Crippen LogP contribution in [0.4, 0.5) is 13.2 Å². The molecule has 2 nitrogen and oxygen atoms in total. The Morgan fingerprint density at radius 2 is 1.88 bits per heavy atom. The van der Waals surface area contributed by atoms with Gasteiger partial charge >= 0.3 is 6.18 Å². The van der Waals surface area contributed by atoms with E-state index in [0.29, 0.717) is 6.07 Å². The molecule has 0 aliphatic heterocycles. The third-order valence-corrected chi connectivity index (χ3v) is 2.36. The summed E-state index contributed by atoms with van der Waals surface area (Å²) < 4.78 is 37.2. The number of hydrogen-bond acceptors (Lipinski definition) is 2. The molecule has 0 saturated heterocycles. The molecule has 1 aromatic rings. The molecule has 1 rings (SSSR count). The normalized spacial score (nSPS) is 11.8. The Balaban J connectivity index is 3.12. The van der Waals surface area contributed by atoms with Crippen molar-refractivity contribution in [3.05, 3.63) is 28.3 Å². The summed E-state index contributed by atoms with van der Waals surface area (Å²) in [6, 6.07) is 1.52. The first-order valence-electron chi connectivity index (χ1n) is 4.55. The van der Waals surface area contributed by atoms with Crippen LogP contribution >= 0.6 is 11.6 Å². The molecule has 0 fully saturated rings. The van der Waals surface area contributed by atoms with Gasteiger partial charge in [-0.05, 0) is 30.5 Å². The Morgan fingerprint density at radius 3 is 2.38 bits per heavy atom. The van der Waals surface area contributed by atoms with Crippen molar-refractivity contribution in [2.24, 2.45) is 0 Å². The Labute approximate surface area is 95.3 Å². The van der Waals surface area contributed by atoms with E-state index in [9.17, 15) is 18.3 Å². The standard InChI is InChI=1S/C10H10ClF3O2/c11-8-5-7(10(12,13)14)4-6(9(8)16)2-1-3-15/h4-5,15-16H,1-3H2. The van der Waals surface area contributed by atoms with Gasteiger partial charge in [-0.3, -0.25) is 0 Å². The number of phenolic OH excluding ortho intramolecular Hbond substituents is 1. The van der Waals surface area contributed by atoms with Crippen LogP contribution in [0, 0.1) is 0 Å². The maximum Gasteiger partial charge on any atom is 0.416 e. The minimum Gasteiger partial charge on any atom is -0.506 e. The fraction of sp³-hybridized carbons (Fsp3) is 0.400. The summed E-state index contributed by atoms with van der Waals surface area (Å²) in [5, 5.41) is 17.7. The monoisotopic (exact) mass is 254 g/mol. The average Bonchev–Trinajstić information content (AvgIpc) is 2.18. The van der Waals surface area contributed by atoms with Crippen LogP contribution in [0.15, 0.2) is 12.1 Å². The molecule has 0 aliphatic rings. The lowest BCUT2D eigenvalue weighted by atomic mass is 10.0. The molecule has 90 valence electrons. The van der Waals surface area contributed by atoms with Crippen molar-refractivity contribution in [1.29, 1.82) is 0 Å². The van der Waals surface area contributed by atoms with Gasteiger partial charge in [0.2, 0.25) is 0 Å². The molecule has 0 bridgehead atoms. The number of hydrogen-bond donors (Lipinski definition) is 2. The van der Waals surface area contributed by atoms with Crippen LogP contribution in [0.1, 0.15) is 17.5 Å². The number of benzene rings is 1. The van der Waals surface area contributed by atoms with Gasteiger partial charge in [-0.1, -0.05) is 11.6 Å². The van der Waals surface area contributed by atoms with Crippen molar-refractivity contribution in [1.82, 2.24) is 0 Å². The van der Waals surface area contributed by atoms with Crippen molar-refractivity contribution in [2.75, 3.05) is 6.61 Å². The zero-order valence-electron chi connectivity index (χ0n) is 8.18. The highest BCUT2D eigenvalue weighted by molar-refractivity contribution is 6.32. The topological polar surface area (TPSA) is 40.5 Å². The molecule has 0 saturated carbocycles. The molecule has 2 N–H and O–H groups in total. The van der Waals surface area contributed by atoms with E-state index in [1.165, 1.54) is 0 Å². The van der Waals surface area contributed by atoms with E-state index < -0.39 is 11.7 Å². The van der Waals surface area contributed by atoms with Crippen LogP contribution in [0.2, 0.25) is 5.02 Å². The minimum atomic E-state index is -4.49. The third-order valence-electron chi connectivity index (χ3n) is 2.07. The molecule has 0 heterocycles. The Kier molecular flexibility index (Phi) is 4.04. The number of aromatic hydroxyl groups is 1. The molecule has 0 spiro atoms. The summed E-state index contributed by atoms with van der Waals surface area (Å²) in [6.07, 6.45) is -4.08. The van der Waals surface area contributed by atoms with Gasteiger partial charge in [0.1, 0.15) is 5.75 Å². The molecule has 0 atom stereocenters. The number of rotatable bonds is 3. The number of aliphatic hydroxyl groups is 1. The molecular formula is C10H10ClF3O2. The van der Waals surface area contributed by atoms with Crippen molar-refractivity contribution in [2.45, 2.75) is 19.0 Å². The van der Waals surface area contributed by atoms with E-state index in [1.807, 2.05) is 0 Å². The summed E-state index contributed by atoms with van der Waals surface area (Å²) in [6.45, 7) is -0.159. The van der Waals surface area contributed by atoms with Gasteiger partial charge in [-0.25, -0.2) is 0 Å². The van der Waals surface area contributed by atoms with Gasteiger partial charge in [0.05, 0.1) is 10.6 Å². The van der Waals surface area contributed by atoms with Crippen molar-refractivity contribution in [3.8, 4) is 5.75 Å². The summed E-state index contributed by atoms with van der Waals surface area (Å²) in [5.41, 5.74) is -0.808. The Hall–Kier alpha value is -0.940. The third kappa shape index (κ3) is 3.02. The predicted molar refractivity (Wildman–Crippen MR) is 53.5 cm³/mol. The van der Waals surface area contributed by atoms with E-state index in [-0.39, 0.29) is 35.8 Å². The SMILES string of the molecule is OCCCc1cc(C(F)(F)F)cc(Cl)c1O. The van der Waals surface area contributed by atoms with Gasteiger partial charge in [-0.15, -0.1) is 0 Å². The zero-order valence-corrected chi connectivity index (χ0v) is 8.94. The lowest BCUT2D eigenvalue weighted by Gasteiger charge is -2.11. The highest BCUT2D eigenvalue weighted by atomic mass is 35.5. The maximum atomic E-state index is 12.4. The highest BCUT2D eigenvalue weighted by Crippen LogP contribution is 2.37. The first-order chi connectivity index (χ1) is 7.36. The lowest BCUT2D eigenvalue weighted by Crippen LogP contribution is -2.06. The zero-order chi connectivity index (χ0) is 12.3. The lowest BCUT2D eigenvalue weighted by molar-refractivity contribution is -0.137. The molecule has 0 aliphatic carbocycles. The molecule has 0 amide bonds. The summed E-state index contributed by atoms with van der Waals surface area (Å²) >= 11 is 5.49. The molecule has 6 heteroatoms. The van der Waals surface area contributed by atoms with Gasteiger partial charge in [0, 0.05) is 6.61 Å². The van der Waals surface area contributed by atoms with Crippen molar-refractivity contribution < 1.29 is 23.4 Å². The maximum absolute atomic E-state index is 12.4. The van der Waals surface area contributed by atoms with Crippen molar-refractivity contribution in [3.63, 3.8) is 0 Å². The second kappa shape index (κ2) is 4.93. The quantitative estimate of drug-likeness (QED) is 0.871. The summed E-state index contributed by atoms with van der Waals surface area (Å²) in [7, 11) is 0. The van der Waals surface area contributed by atoms with Crippen LogP contribution in [-0.2, 0) is 12.6 Å². The fourth-order valence-electron chi connectivity index (χ4n) is 1.28. The number of phenols is 1. The second-order valence-electron chi connectivity index (χ2n) is 3.29. The minimum absolute atomic E-state index is 0.0916. The largest absolute Gasteiger partial charge is 0.506 e. The van der Waals surface area contributed by atoms with Crippen LogP contribution in [0.5, 0.6) is 5.75 Å². The Bertz CT molecular complexity index is 377. The molecule has 0 unspecified atom stereocenters. The van der Waals surface area contributed by atoms with E-state index in [4.69, 9.17) is 16.7 Å². The van der Waals surface area contributed by atoms with Gasteiger partial charge < -0.3 is 10.2 Å². The number of aliphatic hydroxyl groups excluding tert-OH is 1. The van der Waals surface area contributed by atoms with E-state index in [1.54, 1.807) is 0 Å². The summed E-state index contributed by atoms with van der Waals surface area (Å²) in [5.74, 6) is -0.358. The van der Waals surface area contributed by atoms with E-state index in [0.717, 1.165) is 6.07 Å². The van der Waals surface area contributed by atoms with Gasteiger partial charge in [0.15, 0.2) is 0 Å². The molecule has 16 heavy (non-hydrogen) atoms. The summed E-state index contributed by atoms with van der Waals surface area (Å²) in [4.78, 5) is 0. The van der Waals surface area contributed by atoms with Gasteiger partial charge in [-0.2, -0.15) is 13.2 Å².